The van der Waals surface area contributed by atoms with E-state index in [-0.39, 0.29) is 24.3 Å². The number of aromatic nitrogens is 6. The van der Waals surface area contributed by atoms with Crippen molar-refractivity contribution >= 4 is 11.8 Å². The van der Waals surface area contributed by atoms with Gasteiger partial charge in [-0.1, -0.05) is 0 Å². The number of carbonyl (C=O) groups excluding carboxylic acids is 2. The van der Waals surface area contributed by atoms with E-state index < -0.39 is 5.54 Å². The number of H-pyrrole nitrogens is 1. The lowest BCUT2D eigenvalue weighted by atomic mass is 9.78. The number of piperidine rings is 1. The van der Waals surface area contributed by atoms with E-state index in [1.165, 1.54) is 4.68 Å². The average Bonchev–Trinajstić information content (AvgIpc) is 3.31. The highest BCUT2D eigenvalue weighted by Crippen LogP contribution is 2.45. The van der Waals surface area contributed by atoms with Gasteiger partial charge < -0.3 is 14.8 Å². The maximum absolute atomic E-state index is 13.0. The summed E-state index contributed by atoms with van der Waals surface area (Å²) < 4.78 is 1.52. The summed E-state index contributed by atoms with van der Waals surface area (Å²) in [5.74, 6) is 1.07. The highest BCUT2D eigenvalue weighted by atomic mass is 16.2. The molecule has 0 bridgehead atoms. The van der Waals surface area contributed by atoms with Crippen LogP contribution < -0.4 is 0 Å². The van der Waals surface area contributed by atoms with E-state index in [4.69, 9.17) is 0 Å². The van der Waals surface area contributed by atoms with Gasteiger partial charge in [-0.3, -0.25) is 9.59 Å². The largest absolute Gasteiger partial charge is 0.348 e. The molecule has 2 aromatic rings. The van der Waals surface area contributed by atoms with Crippen molar-refractivity contribution in [3.05, 3.63) is 23.5 Å². The molecule has 1 spiro atoms. The van der Waals surface area contributed by atoms with Gasteiger partial charge >= 0.3 is 0 Å². The van der Waals surface area contributed by atoms with Crippen LogP contribution in [-0.4, -0.2) is 71.4 Å². The normalized spacial score (nSPS) is 21.0. The number of fused-ring (bicyclic) bond motifs is 2. The first-order chi connectivity index (χ1) is 13.6. The van der Waals surface area contributed by atoms with Crippen molar-refractivity contribution in [1.82, 2.24) is 40.0 Å². The fourth-order valence-corrected chi connectivity index (χ4v) is 4.61. The minimum atomic E-state index is -0.394. The fourth-order valence-electron chi connectivity index (χ4n) is 4.61. The van der Waals surface area contributed by atoms with Crippen LogP contribution >= 0.6 is 0 Å². The summed E-state index contributed by atoms with van der Waals surface area (Å²) in [5.41, 5.74) is 1.73. The van der Waals surface area contributed by atoms with Gasteiger partial charge in [0.05, 0.1) is 17.6 Å². The summed E-state index contributed by atoms with van der Waals surface area (Å²) in [6, 6.07) is 0. The van der Waals surface area contributed by atoms with E-state index >= 15 is 0 Å². The van der Waals surface area contributed by atoms with Crippen LogP contribution in [0.15, 0.2) is 6.33 Å². The summed E-state index contributed by atoms with van der Waals surface area (Å²) in [6.07, 6.45) is 5.96. The first-order valence-electron chi connectivity index (χ1n) is 9.93. The predicted molar refractivity (Wildman–Crippen MR) is 96.8 cm³/mol. The molecule has 1 saturated carbocycles. The van der Waals surface area contributed by atoms with Gasteiger partial charge in [-0.05, 0) is 43.0 Å². The van der Waals surface area contributed by atoms with Crippen LogP contribution in [0, 0.1) is 12.8 Å². The second kappa shape index (κ2) is 6.39. The minimum absolute atomic E-state index is 0.00313. The van der Waals surface area contributed by atoms with E-state index in [1.807, 2.05) is 4.90 Å². The Labute approximate surface area is 162 Å². The molecule has 2 aliphatic heterocycles. The molecule has 1 saturated heterocycles. The van der Waals surface area contributed by atoms with E-state index in [2.05, 4.69) is 30.4 Å². The van der Waals surface area contributed by atoms with Crippen LogP contribution in [0.4, 0.5) is 0 Å². The molecule has 1 aliphatic carbocycles. The quantitative estimate of drug-likeness (QED) is 0.798. The molecular formula is C18H24N8O2. The van der Waals surface area contributed by atoms with Gasteiger partial charge in [0, 0.05) is 37.7 Å². The number of tetrazole rings is 1. The van der Waals surface area contributed by atoms with Crippen LogP contribution in [0.2, 0.25) is 0 Å². The number of rotatable bonds is 3. The molecule has 10 nitrogen and oxygen atoms in total. The zero-order valence-electron chi connectivity index (χ0n) is 16.0. The van der Waals surface area contributed by atoms with Gasteiger partial charge in [0.2, 0.25) is 11.8 Å². The van der Waals surface area contributed by atoms with Crippen LogP contribution in [0.5, 0.6) is 0 Å². The zero-order valence-corrected chi connectivity index (χ0v) is 16.0. The lowest BCUT2D eigenvalue weighted by Gasteiger charge is -2.50. The Bertz CT molecular complexity index is 906. The number of amides is 2. The maximum atomic E-state index is 13.0. The van der Waals surface area contributed by atoms with Crippen LogP contribution in [0.25, 0.3) is 0 Å². The van der Waals surface area contributed by atoms with E-state index in [0.29, 0.717) is 31.8 Å². The Hall–Kier alpha value is -2.78. The molecule has 0 aromatic carbocycles. The molecule has 0 radical (unpaired) electrons. The van der Waals surface area contributed by atoms with Crippen molar-refractivity contribution in [2.75, 3.05) is 19.6 Å². The standard InChI is InChI=1S/C18H24N8O2/c1-12-21-22-23-26(12)10-15(27)24-8-5-18(6-9-24)16-14(19-11-20-16)4-7-25(18)17(28)13-2-3-13/h11,13H,2-10H2,1H3,(H,19,20). The van der Waals surface area contributed by atoms with Gasteiger partial charge in [0.15, 0.2) is 0 Å². The number of hydrogen-bond acceptors (Lipinski definition) is 6. The van der Waals surface area contributed by atoms with Gasteiger partial charge in [-0.15, -0.1) is 5.10 Å². The van der Waals surface area contributed by atoms with Crippen molar-refractivity contribution in [2.24, 2.45) is 5.92 Å². The fraction of sp³-hybridized carbons (Fsp3) is 0.667. The predicted octanol–water partition coefficient (Wildman–Crippen LogP) is 0.0172. The topological polar surface area (TPSA) is 113 Å². The smallest absolute Gasteiger partial charge is 0.244 e. The Morgan fingerprint density at radius 3 is 2.71 bits per heavy atom. The van der Waals surface area contributed by atoms with Gasteiger partial charge in [-0.25, -0.2) is 9.67 Å². The Kier molecular flexibility index (Phi) is 3.95. The first-order valence-corrected chi connectivity index (χ1v) is 9.93. The number of aryl methyl sites for hydroxylation is 1. The van der Waals surface area contributed by atoms with Crippen LogP contribution in [0.3, 0.4) is 0 Å². The molecule has 3 aliphatic rings. The van der Waals surface area contributed by atoms with Crippen molar-refractivity contribution in [2.45, 2.75) is 51.1 Å². The molecule has 2 aromatic heterocycles. The molecule has 4 heterocycles. The second-order valence-corrected chi connectivity index (χ2v) is 8.04. The van der Waals surface area contributed by atoms with Gasteiger partial charge in [0.1, 0.15) is 12.4 Å². The number of carbonyl (C=O) groups is 2. The minimum Gasteiger partial charge on any atom is -0.348 e. The first kappa shape index (κ1) is 17.3. The molecule has 0 unspecified atom stereocenters. The molecule has 5 rings (SSSR count). The summed E-state index contributed by atoms with van der Waals surface area (Å²) in [6.45, 7) is 3.84. The molecular weight excluding hydrogens is 360 g/mol. The Balaban J connectivity index is 1.36. The summed E-state index contributed by atoms with van der Waals surface area (Å²) in [7, 11) is 0. The number of likely N-dealkylation sites (tertiary alicyclic amines) is 1. The molecule has 148 valence electrons. The Morgan fingerprint density at radius 1 is 1.25 bits per heavy atom. The van der Waals surface area contributed by atoms with Crippen LogP contribution in [0.1, 0.15) is 42.9 Å². The third-order valence-electron chi connectivity index (χ3n) is 6.39. The van der Waals surface area contributed by atoms with E-state index in [1.54, 1.807) is 13.3 Å². The molecule has 28 heavy (non-hydrogen) atoms. The number of nitrogens with zero attached hydrogens (tertiary/aromatic N) is 7. The highest BCUT2D eigenvalue weighted by molar-refractivity contribution is 5.82. The van der Waals surface area contributed by atoms with Crippen molar-refractivity contribution < 1.29 is 9.59 Å². The van der Waals surface area contributed by atoms with E-state index in [9.17, 15) is 9.59 Å². The lowest BCUT2D eigenvalue weighted by Crippen LogP contribution is -2.59. The summed E-state index contributed by atoms with van der Waals surface area (Å²) >= 11 is 0. The van der Waals surface area contributed by atoms with Crippen molar-refractivity contribution in [3.8, 4) is 0 Å². The number of hydrogen-bond donors (Lipinski definition) is 1. The molecule has 0 atom stereocenters. The van der Waals surface area contributed by atoms with Gasteiger partial charge in [0.25, 0.3) is 0 Å². The van der Waals surface area contributed by atoms with E-state index in [0.717, 1.165) is 37.2 Å². The Morgan fingerprint density at radius 2 is 2.04 bits per heavy atom. The maximum Gasteiger partial charge on any atom is 0.244 e. The zero-order chi connectivity index (χ0) is 19.3. The highest BCUT2D eigenvalue weighted by Gasteiger charge is 2.51. The second-order valence-electron chi connectivity index (χ2n) is 8.04. The number of aromatic amines is 1. The molecule has 10 heteroatoms. The molecule has 2 amide bonds. The number of nitrogens with one attached hydrogen (secondary N) is 1. The average molecular weight is 384 g/mol. The molecule has 1 N–H and O–H groups in total. The molecule has 2 fully saturated rings. The SMILES string of the molecule is Cc1nnnn1CC(=O)N1CCC2(CC1)c1nc[nH]c1CCN2C(=O)C1CC1. The summed E-state index contributed by atoms with van der Waals surface area (Å²) in [5, 5.41) is 11.3. The summed E-state index contributed by atoms with van der Waals surface area (Å²) in [4.78, 5) is 37.5. The van der Waals surface area contributed by atoms with Crippen molar-refractivity contribution in [3.63, 3.8) is 0 Å². The monoisotopic (exact) mass is 384 g/mol. The van der Waals surface area contributed by atoms with Crippen molar-refractivity contribution in [1.29, 1.82) is 0 Å². The van der Waals surface area contributed by atoms with Crippen LogP contribution in [-0.2, 0) is 28.1 Å². The van der Waals surface area contributed by atoms with Gasteiger partial charge in [-0.2, -0.15) is 0 Å². The lowest BCUT2D eigenvalue weighted by molar-refractivity contribution is -0.145. The third-order valence-corrected chi connectivity index (χ3v) is 6.39. The number of imidazole rings is 1. The third kappa shape index (κ3) is 2.70.